The zero-order valence-electron chi connectivity index (χ0n) is 15.5. The van der Waals surface area contributed by atoms with Crippen LogP contribution in [-0.4, -0.2) is 44.2 Å². The number of carbonyl (C=O) groups excluding carboxylic acids is 1. The lowest BCUT2D eigenvalue weighted by atomic mass is 10.2. The van der Waals surface area contributed by atoms with Crippen molar-refractivity contribution in [3.8, 4) is 0 Å². The van der Waals surface area contributed by atoms with E-state index in [0.29, 0.717) is 6.54 Å². The molecule has 1 N–H and O–H groups in total. The lowest BCUT2D eigenvalue weighted by Gasteiger charge is -2.21. The fourth-order valence-electron chi connectivity index (χ4n) is 2.71. The van der Waals surface area contributed by atoms with Gasteiger partial charge in [0, 0.05) is 50.2 Å². The summed E-state index contributed by atoms with van der Waals surface area (Å²) in [4.78, 5) is 27.2. The van der Waals surface area contributed by atoms with Crippen LogP contribution in [0.2, 0.25) is 0 Å². The molecule has 0 aliphatic rings. The summed E-state index contributed by atoms with van der Waals surface area (Å²) < 4.78 is 1.53. The Morgan fingerprint density at radius 1 is 1.22 bits per heavy atom. The lowest BCUT2D eigenvalue weighted by Crippen LogP contribution is -2.32. The molecule has 0 aromatic carbocycles. The number of rotatable bonds is 8. The average Bonchev–Trinajstić information content (AvgIpc) is 3.25. The van der Waals surface area contributed by atoms with Crippen molar-refractivity contribution in [1.29, 1.82) is 0 Å². The predicted octanol–water partition coefficient (Wildman–Crippen LogP) is 1.62. The molecule has 0 radical (unpaired) electrons. The van der Waals surface area contributed by atoms with Crippen molar-refractivity contribution in [2.75, 3.05) is 18.5 Å². The first-order valence-electron chi connectivity index (χ1n) is 8.82. The molecule has 3 rings (SSSR count). The lowest BCUT2D eigenvalue weighted by molar-refractivity contribution is -0.124. The maximum atomic E-state index is 12.4. The van der Waals surface area contributed by atoms with Gasteiger partial charge in [-0.1, -0.05) is 12.1 Å². The minimum atomic E-state index is -0.422. The van der Waals surface area contributed by atoms with E-state index in [-0.39, 0.29) is 5.91 Å². The number of pyridine rings is 2. The molecule has 27 heavy (non-hydrogen) atoms. The Balaban J connectivity index is 1.60. The number of nitrogens with one attached hydrogen (secondary N) is 1. The van der Waals surface area contributed by atoms with Crippen LogP contribution in [0.3, 0.4) is 0 Å². The molecule has 3 aromatic rings. The quantitative estimate of drug-likeness (QED) is 0.653. The molecule has 3 heterocycles. The van der Waals surface area contributed by atoms with Gasteiger partial charge in [-0.3, -0.25) is 9.78 Å². The van der Waals surface area contributed by atoms with E-state index in [9.17, 15) is 4.79 Å². The van der Waals surface area contributed by atoms with Gasteiger partial charge in [-0.2, -0.15) is 5.10 Å². The van der Waals surface area contributed by atoms with Crippen molar-refractivity contribution >= 4 is 11.7 Å². The molecule has 1 atom stereocenters. The van der Waals surface area contributed by atoms with E-state index in [2.05, 4.69) is 30.3 Å². The van der Waals surface area contributed by atoms with Crippen molar-refractivity contribution in [2.24, 2.45) is 0 Å². The third-order valence-electron chi connectivity index (χ3n) is 4.32. The van der Waals surface area contributed by atoms with Gasteiger partial charge >= 0.3 is 0 Å². The molecule has 0 aliphatic heterocycles. The van der Waals surface area contributed by atoms with Crippen LogP contribution in [0.25, 0.3) is 0 Å². The normalized spacial score (nSPS) is 11.8. The molecule has 0 saturated carbocycles. The van der Waals surface area contributed by atoms with Gasteiger partial charge in [0.2, 0.25) is 5.91 Å². The number of hydrogen-bond donors (Lipinski definition) is 1. The van der Waals surface area contributed by atoms with Crippen LogP contribution < -0.4 is 10.2 Å². The molecular formula is C19H23N7O. The highest BCUT2D eigenvalue weighted by Gasteiger charge is 2.16. The Bertz CT molecular complexity index is 852. The third kappa shape index (κ3) is 4.87. The SMILES string of the molecule is C[C@@H](C(=O)NCc1cccnc1N(C)CCc1ccccn1)n1cncn1. The first-order chi connectivity index (χ1) is 13.1. The van der Waals surface area contributed by atoms with Gasteiger partial charge in [0.1, 0.15) is 24.5 Å². The van der Waals surface area contributed by atoms with E-state index in [4.69, 9.17) is 0 Å². The molecule has 0 fully saturated rings. The van der Waals surface area contributed by atoms with Crippen LogP contribution in [0.5, 0.6) is 0 Å². The molecule has 140 valence electrons. The second kappa shape index (κ2) is 8.88. The fourth-order valence-corrected chi connectivity index (χ4v) is 2.71. The minimum Gasteiger partial charge on any atom is -0.359 e. The van der Waals surface area contributed by atoms with Crippen molar-refractivity contribution in [1.82, 2.24) is 30.0 Å². The third-order valence-corrected chi connectivity index (χ3v) is 4.32. The van der Waals surface area contributed by atoms with Gasteiger partial charge in [-0.05, 0) is 25.1 Å². The molecule has 1 amide bonds. The summed E-state index contributed by atoms with van der Waals surface area (Å²) in [6.07, 6.45) is 7.33. The highest BCUT2D eigenvalue weighted by Crippen LogP contribution is 2.16. The van der Waals surface area contributed by atoms with E-state index in [0.717, 1.165) is 30.0 Å². The number of anilines is 1. The summed E-state index contributed by atoms with van der Waals surface area (Å²) in [6, 6.07) is 9.33. The second-order valence-electron chi connectivity index (χ2n) is 6.25. The van der Waals surface area contributed by atoms with E-state index in [1.807, 2.05) is 37.4 Å². The van der Waals surface area contributed by atoms with Crippen molar-refractivity contribution < 1.29 is 4.79 Å². The van der Waals surface area contributed by atoms with Gasteiger partial charge in [0.15, 0.2) is 0 Å². The van der Waals surface area contributed by atoms with Gasteiger partial charge < -0.3 is 10.2 Å². The van der Waals surface area contributed by atoms with Crippen molar-refractivity contribution in [3.05, 3.63) is 66.6 Å². The summed E-state index contributed by atoms with van der Waals surface area (Å²) in [5.74, 6) is 0.730. The van der Waals surface area contributed by atoms with E-state index in [1.165, 1.54) is 17.3 Å². The Kier molecular flexibility index (Phi) is 6.09. The van der Waals surface area contributed by atoms with E-state index < -0.39 is 6.04 Å². The smallest absolute Gasteiger partial charge is 0.244 e. The van der Waals surface area contributed by atoms with Gasteiger partial charge in [-0.15, -0.1) is 0 Å². The molecule has 0 aliphatic carbocycles. The highest BCUT2D eigenvalue weighted by molar-refractivity contribution is 5.79. The average molecular weight is 365 g/mol. The Labute approximate surface area is 158 Å². The first kappa shape index (κ1) is 18.5. The number of likely N-dealkylation sites (N-methyl/N-ethyl adjacent to an activating group) is 1. The van der Waals surface area contributed by atoms with Crippen LogP contribution in [0.15, 0.2) is 55.4 Å². The molecule has 3 aromatic heterocycles. The molecule has 8 heteroatoms. The molecule has 8 nitrogen and oxygen atoms in total. The number of aromatic nitrogens is 5. The predicted molar refractivity (Wildman–Crippen MR) is 102 cm³/mol. The summed E-state index contributed by atoms with van der Waals surface area (Å²) in [6.45, 7) is 2.96. The zero-order valence-corrected chi connectivity index (χ0v) is 15.5. The fraction of sp³-hybridized carbons (Fsp3) is 0.316. The second-order valence-corrected chi connectivity index (χ2v) is 6.25. The summed E-state index contributed by atoms with van der Waals surface area (Å²) >= 11 is 0. The summed E-state index contributed by atoms with van der Waals surface area (Å²) in [5, 5.41) is 6.96. The molecule has 0 bridgehead atoms. The van der Waals surface area contributed by atoms with E-state index >= 15 is 0 Å². The molecular weight excluding hydrogens is 342 g/mol. The largest absolute Gasteiger partial charge is 0.359 e. The Morgan fingerprint density at radius 2 is 2.07 bits per heavy atom. The van der Waals surface area contributed by atoms with Gasteiger partial charge in [0.05, 0.1) is 0 Å². The first-order valence-corrected chi connectivity index (χ1v) is 8.82. The standard InChI is InChI=1S/C19H23N7O/c1-15(26-14-20-13-24-26)19(27)23-12-16-6-5-10-22-18(16)25(2)11-8-17-7-3-4-9-21-17/h3-7,9-10,13-15H,8,11-12H2,1-2H3,(H,23,27)/t15-/m0/s1. The van der Waals surface area contributed by atoms with Gasteiger partial charge in [-0.25, -0.2) is 14.6 Å². The zero-order chi connectivity index (χ0) is 19.1. The summed E-state index contributed by atoms with van der Waals surface area (Å²) in [5.41, 5.74) is 2.00. The molecule has 0 unspecified atom stereocenters. The number of hydrogen-bond acceptors (Lipinski definition) is 6. The highest BCUT2D eigenvalue weighted by atomic mass is 16.2. The Hall–Kier alpha value is -3.29. The van der Waals surface area contributed by atoms with Crippen LogP contribution in [0.1, 0.15) is 24.2 Å². The maximum Gasteiger partial charge on any atom is 0.244 e. The van der Waals surface area contributed by atoms with Crippen LogP contribution >= 0.6 is 0 Å². The monoisotopic (exact) mass is 365 g/mol. The van der Waals surface area contributed by atoms with Crippen molar-refractivity contribution in [3.63, 3.8) is 0 Å². The number of nitrogens with zero attached hydrogens (tertiary/aromatic N) is 6. The summed E-state index contributed by atoms with van der Waals surface area (Å²) in [7, 11) is 1.99. The Morgan fingerprint density at radius 3 is 2.81 bits per heavy atom. The maximum absolute atomic E-state index is 12.4. The van der Waals surface area contributed by atoms with Crippen LogP contribution in [-0.2, 0) is 17.8 Å². The van der Waals surface area contributed by atoms with Gasteiger partial charge in [0.25, 0.3) is 0 Å². The topological polar surface area (TPSA) is 88.8 Å². The van der Waals surface area contributed by atoms with Crippen LogP contribution in [0, 0.1) is 0 Å². The number of carbonyl (C=O) groups is 1. The van der Waals surface area contributed by atoms with Crippen molar-refractivity contribution in [2.45, 2.75) is 25.9 Å². The minimum absolute atomic E-state index is 0.119. The van der Waals surface area contributed by atoms with Crippen LogP contribution in [0.4, 0.5) is 5.82 Å². The number of amides is 1. The molecule has 0 saturated heterocycles. The van der Waals surface area contributed by atoms with E-state index in [1.54, 1.807) is 19.3 Å². The molecule has 0 spiro atoms.